The molecule has 0 aliphatic carbocycles. The molecular formula is C38H37N4+. The van der Waals surface area contributed by atoms with Crippen LogP contribution in [0.5, 0.6) is 0 Å². The van der Waals surface area contributed by atoms with E-state index < -0.39 is 0 Å². The van der Waals surface area contributed by atoms with E-state index in [2.05, 4.69) is 165 Å². The van der Waals surface area contributed by atoms with Gasteiger partial charge in [0.1, 0.15) is 17.0 Å². The van der Waals surface area contributed by atoms with Crippen molar-refractivity contribution in [1.29, 1.82) is 0 Å². The van der Waals surface area contributed by atoms with Gasteiger partial charge in [-0.15, -0.1) is 0 Å². The fourth-order valence-corrected chi connectivity index (χ4v) is 6.31. The maximum absolute atomic E-state index is 4.78. The molecule has 3 heterocycles. The van der Waals surface area contributed by atoms with E-state index in [1.54, 1.807) is 0 Å². The Hall–Kier alpha value is -4.70. The molecule has 4 aromatic carbocycles. The van der Waals surface area contributed by atoms with Crippen molar-refractivity contribution in [3.05, 3.63) is 132 Å². The van der Waals surface area contributed by atoms with Gasteiger partial charge in [-0.3, -0.25) is 4.57 Å². The van der Waals surface area contributed by atoms with E-state index in [0.717, 1.165) is 5.82 Å². The summed E-state index contributed by atoms with van der Waals surface area (Å²) in [6, 6.07) is 37.5. The van der Waals surface area contributed by atoms with E-state index >= 15 is 0 Å². The molecular weight excluding hydrogens is 512 g/mol. The number of rotatable bonds is 4. The summed E-state index contributed by atoms with van der Waals surface area (Å²) in [5.41, 5.74) is 9.45. The summed E-state index contributed by atoms with van der Waals surface area (Å²) in [5, 5.41) is 2.49. The Morgan fingerprint density at radius 2 is 1.36 bits per heavy atom. The molecule has 0 fully saturated rings. The highest BCUT2D eigenvalue weighted by atomic mass is 15.2. The van der Waals surface area contributed by atoms with E-state index in [1.165, 1.54) is 55.2 Å². The topological polar surface area (TPSA) is 26.6 Å². The highest BCUT2D eigenvalue weighted by Crippen LogP contribution is 2.38. The third-order valence-electron chi connectivity index (χ3n) is 8.73. The minimum atomic E-state index is -0.228. The molecule has 0 aliphatic rings. The zero-order valence-corrected chi connectivity index (χ0v) is 25.3. The number of aromatic nitrogens is 4. The van der Waals surface area contributed by atoms with Gasteiger partial charge in [0.05, 0.1) is 11.0 Å². The van der Waals surface area contributed by atoms with Gasteiger partial charge >= 0.3 is 0 Å². The van der Waals surface area contributed by atoms with E-state index in [0.29, 0.717) is 0 Å². The van der Waals surface area contributed by atoms with E-state index in [-0.39, 0.29) is 11.0 Å². The lowest BCUT2D eigenvalue weighted by Gasteiger charge is -2.26. The molecule has 0 bridgehead atoms. The largest absolute Gasteiger partial charge is 0.294 e. The van der Waals surface area contributed by atoms with Gasteiger partial charge in [0.15, 0.2) is 11.0 Å². The molecule has 208 valence electrons. The van der Waals surface area contributed by atoms with Gasteiger partial charge in [0, 0.05) is 22.4 Å². The molecule has 0 atom stereocenters. The standard InChI is InChI=1S/C38H37N4/c1-26-20-21-39-36(22-26)42-32-15-8-7-14-30(32)31-19-18-28(24-35(31)42)38(5,6)27-12-11-13-29(23-27)40-25-41(37(2,3)4)34-17-10-9-16-33(34)40/h7-25H,1-6H3/q+1. The summed E-state index contributed by atoms with van der Waals surface area (Å²) < 4.78 is 7.00. The van der Waals surface area contributed by atoms with Crippen molar-refractivity contribution < 1.29 is 4.57 Å². The van der Waals surface area contributed by atoms with Crippen LogP contribution < -0.4 is 4.57 Å². The molecule has 0 amide bonds. The Morgan fingerprint density at radius 1 is 0.643 bits per heavy atom. The summed E-state index contributed by atoms with van der Waals surface area (Å²) in [5.74, 6) is 0.949. The predicted molar refractivity (Wildman–Crippen MR) is 174 cm³/mol. The van der Waals surface area contributed by atoms with Crippen LogP contribution in [0.1, 0.15) is 51.3 Å². The van der Waals surface area contributed by atoms with Crippen LogP contribution in [0.15, 0.2) is 116 Å². The second-order valence-electron chi connectivity index (χ2n) is 13.0. The number of hydrogen-bond acceptors (Lipinski definition) is 1. The molecule has 7 aromatic rings. The lowest BCUT2D eigenvalue weighted by molar-refractivity contribution is -0.731. The van der Waals surface area contributed by atoms with Crippen LogP contribution in [0.4, 0.5) is 0 Å². The molecule has 0 saturated heterocycles. The van der Waals surface area contributed by atoms with Gasteiger partial charge in [-0.05, 0) is 92.9 Å². The normalized spacial score (nSPS) is 12.5. The maximum atomic E-state index is 4.78. The quantitative estimate of drug-likeness (QED) is 0.202. The van der Waals surface area contributed by atoms with Crippen molar-refractivity contribution in [3.63, 3.8) is 0 Å². The highest BCUT2D eigenvalue weighted by molar-refractivity contribution is 6.09. The van der Waals surface area contributed by atoms with Crippen LogP contribution in [-0.4, -0.2) is 14.1 Å². The first-order valence-electron chi connectivity index (χ1n) is 14.7. The third kappa shape index (κ3) is 4.13. The summed E-state index contributed by atoms with van der Waals surface area (Å²) >= 11 is 0. The van der Waals surface area contributed by atoms with Crippen molar-refractivity contribution in [3.8, 4) is 11.5 Å². The minimum Gasteiger partial charge on any atom is -0.294 e. The number of hydrogen-bond donors (Lipinski definition) is 0. The lowest BCUT2D eigenvalue weighted by Crippen LogP contribution is -2.49. The number of para-hydroxylation sites is 3. The zero-order valence-electron chi connectivity index (χ0n) is 25.3. The molecule has 42 heavy (non-hydrogen) atoms. The van der Waals surface area contributed by atoms with E-state index in [4.69, 9.17) is 4.98 Å². The summed E-state index contributed by atoms with van der Waals surface area (Å²) in [6.45, 7) is 13.5. The molecule has 4 nitrogen and oxygen atoms in total. The van der Waals surface area contributed by atoms with Crippen LogP contribution >= 0.6 is 0 Å². The Morgan fingerprint density at radius 3 is 2.14 bits per heavy atom. The summed E-state index contributed by atoms with van der Waals surface area (Å²) in [4.78, 5) is 4.78. The van der Waals surface area contributed by atoms with E-state index in [9.17, 15) is 0 Å². The van der Waals surface area contributed by atoms with Crippen LogP contribution in [0.2, 0.25) is 0 Å². The molecule has 0 radical (unpaired) electrons. The summed E-state index contributed by atoms with van der Waals surface area (Å²) in [6.07, 6.45) is 4.15. The second kappa shape index (κ2) is 9.42. The molecule has 0 aliphatic heterocycles. The molecule has 3 aromatic heterocycles. The fraction of sp³-hybridized carbons (Fsp3) is 0.211. The Labute approximate surface area is 247 Å². The molecule has 0 spiro atoms. The first-order valence-corrected chi connectivity index (χ1v) is 14.7. The van der Waals surface area contributed by atoms with Crippen LogP contribution in [0, 0.1) is 6.92 Å². The number of aryl methyl sites for hydroxylation is 1. The minimum absolute atomic E-state index is 0.0260. The molecule has 0 unspecified atom stereocenters. The number of nitrogens with zero attached hydrogens (tertiary/aromatic N) is 4. The Balaban J connectivity index is 1.39. The monoisotopic (exact) mass is 549 g/mol. The third-order valence-corrected chi connectivity index (χ3v) is 8.73. The number of benzene rings is 4. The maximum Gasteiger partial charge on any atom is 0.250 e. The second-order valence-corrected chi connectivity index (χ2v) is 13.0. The summed E-state index contributed by atoms with van der Waals surface area (Å²) in [7, 11) is 0. The number of imidazole rings is 1. The predicted octanol–water partition coefficient (Wildman–Crippen LogP) is 8.80. The van der Waals surface area contributed by atoms with Crippen molar-refractivity contribution in [2.24, 2.45) is 0 Å². The van der Waals surface area contributed by atoms with Gasteiger partial charge in [-0.2, -0.15) is 4.57 Å². The van der Waals surface area contributed by atoms with Gasteiger partial charge in [-0.25, -0.2) is 9.55 Å². The molecule has 7 rings (SSSR count). The average Bonchev–Trinajstić information content (AvgIpc) is 3.54. The lowest BCUT2D eigenvalue weighted by atomic mass is 9.77. The van der Waals surface area contributed by atoms with Crippen LogP contribution in [0.25, 0.3) is 44.3 Å². The SMILES string of the molecule is Cc1ccnc(-n2c3ccccc3c3ccc(C(C)(C)c4cccc(-n5c[n+](C(C)(C)C)c6ccccc65)c4)cc32)c1. The first-order chi connectivity index (χ1) is 20.1. The Bertz CT molecular complexity index is 2120. The first kappa shape index (κ1) is 26.2. The Kier molecular flexibility index (Phi) is 5.88. The van der Waals surface area contributed by atoms with Crippen LogP contribution in [0.3, 0.4) is 0 Å². The molecule has 0 N–H and O–H groups in total. The van der Waals surface area contributed by atoms with E-state index in [1.807, 2.05) is 6.20 Å². The van der Waals surface area contributed by atoms with Gasteiger partial charge < -0.3 is 0 Å². The number of pyridine rings is 1. The average molecular weight is 550 g/mol. The van der Waals surface area contributed by atoms with Crippen molar-refractivity contribution in [1.82, 2.24) is 14.1 Å². The fourth-order valence-electron chi connectivity index (χ4n) is 6.31. The van der Waals surface area contributed by atoms with Crippen molar-refractivity contribution in [2.45, 2.75) is 52.5 Å². The molecule has 4 heteroatoms. The van der Waals surface area contributed by atoms with Gasteiger partial charge in [0.2, 0.25) is 6.33 Å². The number of fused-ring (bicyclic) bond motifs is 4. The van der Waals surface area contributed by atoms with Crippen LogP contribution in [-0.2, 0) is 11.0 Å². The molecule has 0 saturated carbocycles. The van der Waals surface area contributed by atoms with Crippen molar-refractivity contribution >= 4 is 32.8 Å². The van der Waals surface area contributed by atoms with Gasteiger partial charge in [-0.1, -0.05) is 68.4 Å². The van der Waals surface area contributed by atoms with Crippen molar-refractivity contribution in [2.75, 3.05) is 0 Å². The highest BCUT2D eigenvalue weighted by Gasteiger charge is 2.28. The zero-order chi connectivity index (χ0) is 29.2. The van der Waals surface area contributed by atoms with Gasteiger partial charge in [0.25, 0.3) is 0 Å². The smallest absolute Gasteiger partial charge is 0.250 e.